The average molecular weight is 267 g/mol. The van der Waals surface area contributed by atoms with Gasteiger partial charge in [-0.1, -0.05) is 23.4 Å². The summed E-state index contributed by atoms with van der Waals surface area (Å²) in [6, 6.07) is 11.6. The third-order valence-corrected chi connectivity index (χ3v) is 2.69. The van der Waals surface area contributed by atoms with Gasteiger partial charge in [-0.3, -0.25) is 0 Å². The zero-order valence-corrected chi connectivity index (χ0v) is 10.9. The number of nitrogens with one attached hydrogen (secondary N) is 1. The van der Waals surface area contributed by atoms with E-state index in [0.717, 1.165) is 5.69 Å². The minimum Gasteiger partial charge on any atom is -0.376 e. The van der Waals surface area contributed by atoms with Crippen molar-refractivity contribution >= 4 is 5.69 Å². The predicted molar refractivity (Wildman–Crippen MR) is 73.8 cm³/mol. The smallest absolute Gasteiger partial charge is 0.246 e. The second-order valence-electron chi connectivity index (χ2n) is 4.22. The summed E-state index contributed by atoms with van der Waals surface area (Å²) in [5.41, 5.74) is 1.66. The van der Waals surface area contributed by atoms with Crippen LogP contribution in [0.25, 0.3) is 11.5 Å². The molecular weight excluding hydrogens is 254 g/mol. The fraction of sp³-hybridized carbons (Fsp3) is 0.143. The van der Waals surface area contributed by atoms with Gasteiger partial charge < -0.3 is 9.84 Å². The highest BCUT2D eigenvalue weighted by molar-refractivity contribution is 5.47. The summed E-state index contributed by atoms with van der Waals surface area (Å²) in [5, 5.41) is 7.13. The van der Waals surface area contributed by atoms with E-state index in [1.807, 2.05) is 37.3 Å². The molecule has 0 aliphatic carbocycles. The lowest BCUT2D eigenvalue weighted by molar-refractivity contribution is 0.384. The van der Waals surface area contributed by atoms with Crippen molar-refractivity contribution in [3.05, 3.63) is 54.3 Å². The van der Waals surface area contributed by atoms with Crippen molar-refractivity contribution in [3.63, 3.8) is 0 Å². The second kappa shape index (κ2) is 5.48. The molecule has 6 heteroatoms. The number of nitrogens with zero attached hydrogens (tertiary/aromatic N) is 4. The van der Waals surface area contributed by atoms with Crippen LogP contribution in [0.3, 0.4) is 0 Å². The number of benzene rings is 1. The van der Waals surface area contributed by atoms with Crippen molar-refractivity contribution in [2.75, 3.05) is 5.32 Å². The molecule has 100 valence electrons. The average Bonchev–Trinajstić information content (AvgIpc) is 2.95. The number of hydrogen-bond acceptors (Lipinski definition) is 6. The van der Waals surface area contributed by atoms with Crippen LogP contribution in [0.4, 0.5) is 5.69 Å². The Morgan fingerprint density at radius 3 is 2.75 bits per heavy atom. The Morgan fingerprint density at radius 1 is 1.10 bits per heavy atom. The monoisotopic (exact) mass is 267 g/mol. The standard InChI is InChI=1S/C14H13N5O/c1-10-15-8-7-12(17-10)14-18-13(20-19-14)9-16-11-5-3-2-4-6-11/h2-8,16H,9H2,1H3. The highest BCUT2D eigenvalue weighted by Gasteiger charge is 2.09. The molecule has 0 spiro atoms. The number of rotatable bonds is 4. The summed E-state index contributed by atoms with van der Waals surface area (Å²) < 4.78 is 5.20. The molecule has 3 rings (SSSR count). The highest BCUT2D eigenvalue weighted by atomic mass is 16.5. The molecule has 0 aliphatic heterocycles. The van der Waals surface area contributed by atoms with Crippen molar-refractivity contribution in [1.82, 2.24) is 20.1 Å². The molecule has 2 heterocycles. The molecule has 0 radical (unpaired) electrons. The maximum atomic E-state index is 5.20. The van der Waals surface area contributed by atoms with Crippen LogP contribution >= 0.6 is 0 Å². The topological polar surface area (TPSA) is 76.7 Å². The van der Waals surface area contributed by atoms with Gasteiger partial charge in [-0.2, -0.15) is 4.98 Å². The van der Waals surface area contributed by atoms with Crippen molar-refractivity contribution in [2.45, 2.75) is 13.5 Å². The lowest BCUT2D eigenvalue weighted by atomic mass is 10.3. The molecule has 2 aromatic heterocycles. The Bertz CT molecular complexity index is 696. The van der Waals surface area contributed by atoms with E-state index in [4.69, 9.17) is 4.52 Å². The van der Waals surface area contributed by atoms with E-state index in [0.29, 0.717) is 29.8 Å². The van der Waals surface area contributed by atoms with E-state index in [1.165, 1.54) is 0 Å². The van der Waals surface area contributed by atoms with Gasteiger partial charge >= 0.3 is 0 Å². The fourth-order valence-corrected chi connectivity index (χ4v) is 1.75. The molecule has 0 bridgehead atoms. The molecule has 0 unspecified atom stereocenters. The molecule has 0 saturated carbocycles. The Labute approximate surface area is 115 Å². The Morgan fingerprint density at radius 2 is 1.95 bits per heavy atom. The molecule has 3 aromatic rings. The van der Waals surface area contributed by atoms with Crippen LogP contribution in [-0.4, -0.2) is 20.1 Å². The maximum absolute atomic E-state index is 5.20. The van der Waals surface area contributed by atoms with Crippen LogP contribution in [-0.2, 0) is 6.54 Å². The van der Waals surface area contributed by atoms with Crippen molar-refractivity contribution < 1.29 is 4.52 Å². The lowest BCUT2D eigenvalue weighted by Crippen LogP contribution is -1.99. The SMILES string of the molecule is Cc1nccc(-c2noc(CNc3ccccc3)n2)n1. The first kappa shape index (κ1) is 12.3. The van der Waals surface area contributed by atoms with E-state index < -0.39 is 0 Å². The fourth-order valence-electron chi connectivity index (χ4n) is 1.75. The van der Waals surface area contributed by atoms with Gasteiger partial charge in [0.05, 0.1) is 6.54 Å². The van der Waals surface area contributed by atoms with E-state index >= 15 is 0 Å². The van der Waals surface area contributed by atoms with Crippen LogP contribution in [0.1, 0.15) is 11.7 Å². The highest BCUT2D eigenvalue weighted by Crippen LogP contribution is 2.13. The molecule has 1 N–H and O–H groups in total. The van der Waals surface area contributed by atoms with E-state index in [1.54, 1.807) is 12.3 Å². The van der Waals surface area contributed by atoms with Crippen molar-refractivity contribution in [1.29, 1.82) is 0 Å². The van der Waals surface area contributed by atoms with Gasteiger partial charge in [-0.05, 0) is 25.1 Å². The minimum absolute atomic E-state index is 0.473. The molecule has 0 fully saturated rings. The van der Waals surface area contributed by atoms with Crippen LogP contribution in [0.5, 0.6) is 0 Å². The van der Waals surface area contributed by atoms with E-state index in [-0.39, 0.29) is 0 Å². The number of para-hydroxylation sites is 1. The van der Waals surface area contributed by atoms with Crippen molar-refractivity contribution in [2.24, 2.45) is 0 Å². The molecule has 20 heavy (non-hydrogen) atoms. The Balaban J connectivity index is 1.71. The van der Waals surface area contributed by atoms with E-state index in [2.05, 4.69) is 25.4 Å². The van der Waals surface area contributed by atoms with Gasteiger partial charge in [-0.25, -0.2) is 9.97 Å². The number of aryl methyl sites for hydroxylation is 1. The molecule has 0 saturated heterocycles. The van der Waals surface area contributed by atoms with Crippen LogP contribution in [0.2, 0.25) is 0 Å². The minimum atomic E-state index is 0.473. The number of aromatic nitrogens is 4. The van der Waals surface area contributed by atoms with Crippen LogP contribution in [0.15, 0.2) is 47.1 Å². The van der Waals surface area contributed by atoms with Gasteiger partial charge in [0.1, 0.15) is 11.5 Å². The van der Waals surface area contributed by atoms with Gasteiger partial charge in [0.2, 0.25) is 11.7 Å². The van der Waals surface area contributed by atoms with Crippen LogP contribution < -0.4 is 5.32 Å². The summed E-state index contributed by atoms with van der Waals surface area (Å²) >= 11 is 0. The largest absolute Gasteiger partial charge is 0.376 e. The first-order chi connectivity index (χ1) is 9.81. The second-order valence-corrected chi connectivity index (χ2v) is 4.22. The van der Waals surface area contributed by atoms with Gasteiger partial charge in [0.25, 0.3) is 0 Å². The third-order valence-electron chi connectivity index (χ3n) is 2.69. The first-order valence-corrected chi connectivity index (χ1v) is 6.23. The zero-order chi connectivity index (χ0) is 13.8. The molecule has 6 nitrogen and oxygen atoms in total. The summed E-state index contributed by atoms with van der Waals surface area (Å²) in [7, 11) is 0. The van der Waals surface area contributed by atoms with Crippen molar-refractivity contribution in [3.8, 4) is 11.5 Å². The lowest BCUT2D eigenvalue weighted by Gasteiger charge is -2.01. The van der Waals surface area contributed by atoms with Gasteiger partial charge in [0.15, 0.2) is 0 Å². The third kappa shape index (κ3) is 2.80. The van der Waals surface area contributed by atoms with Gasteiger partial charge in [-0.15, -0.1) is 0 Å². The normalized spacial score (nSPS) is 10.4. The van der Waals surface area contributed by atoms with Crippen LogP contribution in [0, 0.1) is 6.92 Å². The number of anilines is 1. The predicted octanol–water partition coefficient (Wildman–Crippen LogP) is 2.45. The Kier molecular flexibility index (Phi) is 3.36. The summed E-state index contributed by atoms with van der Waals surface area (Å²) in [6.07, 6.45) is 1.68. The molecular formula is C14H13N5O. The quantitative estimate of drug-likeness (QED) is 0.782. The summed E-state index contributed by atoms with van der Waals surface area (Å²) in [4.78, 5) is 12.6. The molecule has 0 aliphatic rings. The van der Waals surface area contributed by atoms with E-state index in [9.17, 15) is 0 Å². The van der Waals surface area contributed by atoms with Gasteiger partial charge in [0, 0.05) is 11.9 Å². The first-order valence-electron chi connectivity index (χ1n) is 6.23. The molecule has 1 aromatic carbocycles. The zero-order valence-electron chi connectivity index (χ0n) is 10.9. The molecule has 0 atom stereocenters. The Hall–Kier alpha value is -2.76. The molecule has 0 amide bonds. The summed E-state index contributed by atoms with van der Waals surface area (Å²) in [5.74, 6) is 1.66. The number of hydrogen-bond donors (Lipinski definition) is 1. The maximum Gasteiger partial charge on any atom is 0.246 e. The summed E-state index contributed by atoms with van der Waals surface area (Å²) in [6.45, 7) is 2.29.